The molecule has 17 heteroatoms. The topological polar surface area (TPSA) is 245 Å². The van der Waals surface area contributed by atoms with Crippen LogP contribution in [0.2, 0.25) is 0 Å². The van der Waals surface area contributed by atoms with Gasteiger partial charge in [-0.05, 0) is 62.8 Å². The van der Waals surface area contributed by atoms with Crippen molar-refractivity contribution in [1.29, 1.82) is 0 Å². The van der Waals surface area contributed by atoms with E-state index in [1.165, 1.54) is 34.3 Å². The van der Waals surface area contributed by atoms with Crippen LogP contribution in [0.25, 0.3) is 22.3 Å². The minimum atomic E-state index is -1.79. The van der Waals surface area contributed by atoms with Gasteiger partial charge in [-0.25, -0.2) is 14.6 Å². The lowest BCUT2D eigenvalue weighted by atomic mass is 9.85. The van der Waals surface area contributed by atoms with E-state index in [-0.39, 0.29) is 53.5 Å². The number of pyridine rings is 2. The number of aromatic nitrogens is 2. The van der Waals surface area contributed by atoms with Crippen molar-refractivity contribution in [3.63, 3.8) is 0 Å². The molecule has 0 spiro atoms. The quantitative estimate of drug-likeness (QED) is 0.123. The summed E-state index contributed by atoms with van der Waals surface area (Å²) in [6.07, 6.45) is 3.75. The molecule has 3 aromatic rings. The maximum Gasteiger partial charge on any atom is 0.405 e. The van der Waals surface area contributed by atoms with Crippen LogP contribution in [0.1, 0.15) is 70.6 Å². The molecule has 0 fully saturated rings. The zero-order valence-electron chi connectivity index (χ0n) is 38.2. The Bertz CT molecular complexity index is 2680. The number of carbonyl (C=O) groups is 5. The van der Waals surface area contributed by atoms with Gasteiger partial charge < -0.3 is 49.5 Å². The summed E-state index contributed by atoms with van der Waals surface area (Å²) in [6.45, 7) is 8.93. The number of benzene rings is 1. The Kier molecular flexibility index (Phi) is 15.1. The number of methoxy groups -OCH3 is 3. The highest BCUT2D eigenvalue weighted by atomic mass is 16.6. The van der Waals surface area contributed by atoms with Gasteiger partial charge in [0.15, 0.2) is 17.5 Å². The van der Waals surface area contributed by atoms with Gasteiger partial charge in [0.25, 0.3) is 11.5 Å². The molecule has 350 valence electrons. The highest BCUT2D eigenvalue weighted by Crippen LogP contribution is 2.39. The van der Waals surface area contributed by atoms with Gasteiger partial charge in [0.05, 0.1) is 54.0 Å². The molecule has 66 heavy (non-hydrogen) atoms. The summed E-state index contributed by atoms with van der Waals surface area (Å²) in [5.41, 5.74) is 7.94. The first-order valence-electron chi connectivity index (χ1n) is 21.5. The number of ether oxygens (including phenoxy) is 5. The Hall–Kier alpha value is -6.53. The molecule has 5 N–H and O–H groups in total. The number of allylic oxidation sites excluding steroid dienone is 4. The first-order valence-corrected chi connectivity index (χ1v) is 21.5. The number of nitrogens with zero attached hydrogens (tertiary/aromatic N) is 2. The summed E-state index contributed by atoms with van der Waals surface area (Å²) in [4.78, 5) is 80.5. The van der Waals surface area contributed by atoms with Crippen molar-refractivity contribution in [2.24, 2.45) is 17.6 Å². The summed E-state index contributed by atoms with van der Waals surface area (Å²) < 4.78 is 28.4. The molecule has 2 amide bonds. The Morgan fingerprint density at radius 3 is 2.45 bits per heavy atom. The van der Waals surface area contributed by atoms with Gasteiger partial charge in [0.1, 0.15) is 12.7 Å². The van der Waals surface area contributed by atoms with E-state index in [9.17, 15) is 39.0 Å². The third-order valence-corrected chi connectivity index (χ3v) is 12.4. The van der Waals surface area contributed by atoms with Gasteiger partial charge in [-0.15, -0.1) is 0 Å². The Labute approximate surface area is 381 Å². The van der Waals surface area contributed by atoms with Crippen LogP contribution in [0.5, 0.6) is 0 Å². The second kappa shape index (κ2) is 20.3. The molecule has 7 atom stereocenters. The van der Waals surface area contributed by atoms with Crippen molar-refractivity contribution in [2.45, 2.75) is 97.0 Å². The number of aliphatic hydroxyl groups is 2. The number of carbonyl (C=O) groups excluding carboxylic acids is 5. The zero-order chi connectivity index (χ0) is 48.2. The third-order valence-electron chi connectivity index (χ3n) is 12.4. The molecule has 1 aromatic carbocycles. The second-order valence-corrected chi connectivity index (χ2v) is 16.9. The number of ketones is 2. The lowest BCUT2D eigenvalue weighted by Crippen LogP contribution is -2.44. The van der Waals surface area contributed by atoms with Crippen LogP contribution in [0.3, 0.4) is 0 Å². The smallest absolute Gasteiger partial charge is 0.405 e. The molecule has 3 aliphatic heterocycles. The molecule has 2 bridgehead atoms. The molecule has 0 unspecified atom stereocenters. The number of primary amides is 1. The number of hydrogen-bond acceptors (Lipinski definition) is 14. The van der Waals surface area contributed by atoms with Gasteiger partial charge in [-0.2, -0.15) is 0 Å². The van der Waals surface area contributed by atoms with Crippen LogP contribution in [0, 0.1) is 11.8 Å². The van der Waals surface area contributed by atoms with Crippen molar-refractivity contribution in [3.05, 3.63) is 122 Å². The average molecular weight is 909 g/mol. The normalized spacial score (nSPS) is 27.9. The monoisotopic (exact) mass is 908 g/mol. The Morgan fingerprint density at radius 1 is 1.06 bits per heavy atom. The molecule has 0 saturated heterocycles. The molecule has 2 aromatic heterocycles. The molecule has 5 heterocycles. The number of aliphatic hydroxyl groups excluding tert-OH is 1. The van der Waals surface area contributed by atoms with E-state index >= 15 is 0 Å². The minimum absolute atomic E-state index is 0.0801. The van der Waals surface area contributed by atoms with Crippen LogP contribution in [0.4, 0.5) is 4.79 Å². The van der Waals surface area contributed by atoms with Gasteiger partial charge in [0.2, 0.25) is 11.6 Å². The number of nitrogens with two attached hydrogens (primary N) is 1. The van der Waals surface area contributed by atoms with Crippen LogP contribution in [0.15, 0.2) is 99.7 Å². The van der Waals surface area contributed by atoms with Gasteiger partial charge >= 0.3 is 12.1 Å². The van der Waals surface area contributed by atoms with Crippen molar-refractivity contribution in [3.8, 4) is 11.4 Å². The SMILES string of the molecule is CC[C@@]1(O)C(=O)OCc2c1cc1n(c2=O)Cc2cc3ccccc3nc2-1.COC1=C2C[C@@H](C)C[C@H](OC)[C@H](O)[C@@H](C)/C=C(\C)[C@@H](OC(N)=O)[C@@H](OC)/C=C\C=C(/C)C(=O)NC(=CC1=O)C2=O. The van der Waals surface area contributed by atoms with Gasteiger partial charge in [0, 0.05) is 53.9 Å². The van der Waals surface area contributed by atoms with Crippen LogP contribution in [-0.4, -0.2) is 95.0 Å². The number of esters is 1. The number of para-hydroxylation sites is 1. The van der Waals surface area contributed by atoms with Gasteiger partial charge in [-0.3, -0.25) is 19.2 Å². The van der Waals surface area contributed by atoms with Crippen molar-refractivity contribution in [2.75, 3.05) is 21.3 Å². The van der Waals surface area contributed by atoms with Crippen LogP contribution < -0.4 is 16.6 Å². The van der Waals surface area contributed by atoms with Crippen molar-refractivity contribution in [1.82, 2.24) is 14.9 Å². The summed E-state index contributed by atoms with van der Waals surface area (Å²) >= 11 is 0. The van der Waals surface area contributed by atoms with E-state index in [1.54, 1.807) is 49.6 Å². The number of hydrogen-bond donors (Lipinski definition) is 4. The first-order chi connectivity index (χ1) is 31.4. The molecular weight excluding hydrogens is 853 g/mol. The molecule has 1 aliphatic carbocycles. The van der Waals surface area contributed by atoms with Crippen molar-refractivity contribution >= 4 is 40.4 Å². The molecule has 0 radical (unpaired) electrons. The number of nitrogens with one attached hydrogen (secondary N) is 1. The van der Waals surface area contributed by atoms with E-state index in [2.05, 4.69) is 5.32 Å². The minimum Gasteiger partial charge on any atom is -0.492 e. The summed E-state index contributed by atoms with van der Waals surface area (Å²) in [6, 6.07) is 11.6. The van der Waals surface area contributed by atoms with Crippen LogP contribution >= 0.6 is 0 Å². The number of cyclic esters (lactones) is 1. The number of Topliss-reactive ketones (excluding diaryl/α,β-unsaturated/α-hetero) is 1. The summed E-state index contributed by atoms with van der Waals surface area (Å²) in [7, 11) is 4.21. The van der Waals surface area contributed by atoms with Crippen molar-refractivity contribution < 1.29 is 57.9 Å². The van der Waals surface area contributed by atoms with E-state index in [4.69, 9.17) is 34.4 Å². The lowest BCUT2D eigenvalue weighted by Gasteiger charge is -2.31. The highest BCUT2D eigenvalue weighted by molar-refractivity contribution is 6.23. The molecule has 0 saturated carbocycles. The van der Waals surface area contributed by atoms with E-state index < -0.39 is 65.5 Å². The average Bonchev–Trinajstić information content (AvgIpc) is 3.65. The lowest BCUT2D eigenvalue weighted by molar-refractivity contribution is -0.172. The predicted octanol–water partition coefficient (Wildman–Crippen LogP) is 4.49. The maximum atomic E-state index is 13.3. The maximum absolute atomic E-state index is 13.3. The molecule has 7 rings (SSSR count). The first kappa shape index (κ1) is 48.9. The van der Waals surface area contributed by atoms with E-state index in [0.717, 1.165) is 28.2 Å². The second-order valence-electron chi connectivity index (χ2n) is 16.9. The fourth-order valence-electron chi connectivity index (χ4n) is 8.71. The number of fused-ring (bicyclic) bond motifs is 7. The van der Waals surface area contributed by atoms with E-state index in [1.807, 2.05) is 37.3 Å². The standard InChI is InChI=1S/C29H40N2O9.C20H16N2O4/c1-15-11-19-25(34)20(14-21(32)27(19)39-7)31-28(35)16(2)9-8-10-22(37-5)26(40-29(30)36)18(4)13-17(3)24(33)23(12-15)38-6;1-2-20(25)14-8-16-17-12(7-11-5-3-4-6-15(11)21-17)9-22(16)18(23)13(14)10-26-19(20)24/h8-10,13-15,17,22-24,26,33H,11-12H2,1-7H3,(H2,30,36)(H,31,35);3-8,25H,2,9-10H2,1H3/b10-8-,16-9+,18-13+;/t15-,17+,22+,23+,24-,26-;20-/m10/s1. The summed E-state index contributed by atoms with van der Waals surface area (Å²) in [5, 5.41) is 25.5. The fraction of sp³-hybridized carbons (Fsp3) is 0.408. The Balaban J connectivity index is 0.000000236. The number of rotatable bonds is 5. The largest absolute Gasteiger partial charge is 0.492 e. The van der Waals surface area contributed by atoms with Gasteiger partial charge in [-0.1, -0.05) is 63.3 Å². The van der Waals surface area contributed by atoms with E-state index in [0.29, 0.717) is 35.4 Å². The molecule has 4 aliphatic rings. The molecule has 17 nitrogen and oxygen atoms in total. The fourth-order valence-corrected chi connectivity index (χ4v) is 8.71. The molecular formula is C49H56N4O13. The third kappa shape index (κ3) is 9.84. The number of amides is 2. The highest BCUT2D eigenvalue weighted by Gasteiger charge is 2.45. The zero-order valence-corrected chi connectivity index (χ0v) is 38.2. The summed E-state index contributed by atoms with van der Waals surface area (Å²) in [5.74, 6) is -3.09. The van der Waals surface area contributed by atoms with Crippen LogP contribution in [-0.2, 0) is 61.6 Å². The predicted molar refractivity (Wildman–Crippen MR) is 241 cm³/mol. The Morgan fingerprint density at radius 2 is 1.79 bits per heavy atom.